The third-order valence-electron chi connectivity index (χ3n) is 4.65. The highest BCUT2D eigenvalue weighted by atomic mass is 14.9. The predicted molar refractivity (Wildman–Crippen MR) is 114 cm³/mol. The first-order valence-corrected chi connectivity index (χ1v) is 8.76. The predicted octanol–water partition coefficient (Wildman–Crippen LogP) is 5.12. The van der Waals surface area contributed by atoms with Crippen molar-refractivity contribution in [2.24, 2.45) is 4.99 Å². The molecule has 0 unspecified atom stereocenters. The lowest BCUT2D eigenvalue weighted by Gasteiger charge is -2.09. The average Bonchev–Trinajstić information content (AvgIpc) is 3.26. The van der Waals surface area contributed by atoms with Crippen LogP contribution in [0.15, 0.2) is 84.4 Å². The Bertz CT molecular complexity index is 1110. The van der Waals surface area contributed by atoms with Gasteiger partial charge in [0.1, 0.15) is 0 Å². The zero-order chi connectivity index (χ0) is 18.6. The van der Waals surface area contributed by atoms with Crippen LogP contribution in [0.2, 0.25) is 0 Å². The molecule has 0 radical (unpaired) electrons. The van der Waals surface area contributed by atoms with Crippen molar-refractivity contribution >= 4 is 23.2 Å². The maximum Gasteiger partial charge on any atom is 0.0927 e. The first-order valence-electron chi connectivity index (χ1n) is 8.76. The minimum absolute atomic E-state index is 0.945. The second-order valence-corrected chi connectivity index (χ2v) is 6.28. The van der Waals surface area contributed by atoms with Gasteiger partial charge < -0.3 is 10.3 Å². The van der Waals surface area contributed by atoms with E-state index in [0.29, 0.717) is 0 Å². The fourth-order valence-corrected chi connectivity index (χ4v) is 3.22. The molecule has 1 aromatic heterocycles. The van der Waals surface area contributed by atoms with Gasteiger partial charge in [0.2, 0.25) is 0 Å². The lowest BCUT2D eigenvalue weighted by atomic mass is 9.98. The summed E-state index contributed by atoms with van der Waals surface area (Å²) in [6, 6.07) is 21.4. The maximum atomic E-state index is 4.33. The smallest absolute Gasteiger partial charge is 0.0927 e. The number of aliphatic imine (C=N–C) groups is 1. The van der Waals surface area contributed by atoms with Gasteiger partial charge in [-0.2, -0.15) is 0 Å². The van der Waals surface area contributed by atoms with Gasteiger partial charge in [-0.3, -0.25) is 4.99 Å². The summed E-state index contributed by atoms with van der Waals surface area (Å²) < 4.78 is 0. The van der Waals surface area contributed by atoms with Crippen LogP contribution in [0.25, 0.3) is 38.9 Å². The number of benzene rings is 3. The molecule has 0 aliphatic carbocycles. The first kappa shape index (κ1) is 16.8. The van der Waals surface area contributed by atoms with Crippen molar-refractivity contribution in [3.8, 4) is 22.4 Å². The summed E-state index contributed by atoms with van der Waals surface area (Å²) in [5.41, 5.74) is 6.47. The van der Waals surface area contributed by atoms with Crippen molar-refractivity contribution in [2.75, 3.05) is 7.05 Å². The topological polar surface area (TPSA) is 53.1 Å². The maximum absolute atomic E-state index is 4.33. The van der Waals surface area contributed by atoms with Gasteiger partial charge in [-0.15, -0.1) is 0 Å². The van der Waals surface area contributed by atoms with Crippen molar-refractivity contribution in [1.82, 2.24) is 15.3 Å². The molecule has 4 heteroatoms. The molecule has 0 atom stereocenters. The molecule has 132 valence electrons. The summed E-state index contributed by atoms with van der Waals surface area (Å²) in [5.74, 6) is 0. The number of nitrogens with zero attached hydrogens (tertiary/aromatic N) is 2. The fourth-order valence-electron chi connectivity index (χ4n) is 3.22. The molecular weight excluding hydrogens is 332 g/mol. The third kappa shape index (κ3) is 3.37. The third-order valence-corrected chi connectivity index (χ3v) is 4.65. The van der Waals surface area contributed by atoms with Gasteiger partial charge in [-0.05, 0) is 46.3 Å². The van der Waals surface area contributed by atoms with Crippen molar-refractivity contribution < 1.29 is 0 Å². The van der Waals surface area contributed by atoms with E-state index < -0.39 is 0 Å². The molecule has 0 spiro atoms. The number of hydrogen-bond donors (Lipinski definition) is 2. The summed E-state index contributed by atoms with van der Waals surface area (Å²) in [6.45, 7) is 3.52. The number of fused-ring (bicyclic) bond motifs is 1. The summed E-state index contributed by atoms with van der Waals surface area (Å²) in [7, 11) is 1.88. The van der Waals surface area contributed by atoms with Crippen LogP contribution in [0.1, 0.15) is 5.56 Å². The van der Waals surface area contributed by atoms with Crippen LogP contribution in [-0.4, -0.2) is 23.7 Å². The largest absolute Gasteiger partial charge is 0.386 e. The molecule has 0 amide bonds. The van der Waals surface area contributed by atoms with Crippen LogP contribution in [0.3, 0.4) is 0 Å². The molecule has 0 fully saturated rings. The van der Waals surface area contributed by atoms with Gasteiger partial charge in [0.15, 0.2) is 0 Å². The van der Waals surface area contributed by atoms with Gasteiger partial charge in [-0.25, -0.2) is 4.98 Å². The van der Waals surface area contributed by atoms with E-state index in [1.54, 1.807) is 12.5 Å². The Balaban J connectivity index is 1.67. The van der Waals surface area contributed by atoms with Crippen LogP contribution in [0, 0.1) is 0 Å². The Morgan fingerprint density at radius 2 is 1.63 bits per heavy atom. The van der Waals surface area contributed by atoms with Crippen LogP contribution < -0.4 is 5.32 Å². The van der Waals surface area contributed by atoms with Gasteiger partial charge in [0.05, 0.1) is 17.7 Å². The Labute approximate surface area is 158 Å². The van der Waals surface area contributed by atoms with Crippen LogP contribution >= 0.6 is 0 Å². The minimum atomic E-state index is 0.945. The second kappa shape index (κ2) is 7.30. The van der Waals surface area contributed by atoms with Gasteiger partial charge in [0.25, 0.3) is 0 Å². The minimum Gasteiger partial charge on any atom is -0.386 e. The summed E-state index contributed by atoms with van der Waals surface area (Å²) in [6.07, 6.45) is 5.33. The molecule has 4 rings (SSSR count). The average molecular weight is 352 g/mol. The van der Waals surface area contributed by atoms with Gasteiger partial charge in [0, 0.05) is 25.0 Å². The van der Waals surface area contributed by atoms with Gasteiger partial charge in [-0.1, -0.05) is 48.5 Å². The quantitative estimate of drug-likeness (QED) is 0.490. The molecular formula is C23H20N4. The van der Waals surface area contributed by atoms with Gasteiger partial charge >= 0.3 is 0 Å². The Kier molecular flexibility index (Phi) is 4.54. The lowest BCUT2D eigenvalue weighted by Crippen LogP contribution is -2.03. The van der Waals surface area contributed by atoms with E-state index in [2.05, 4.69) is 87.7 Å². The second-order valence-electron chi connectivity index (χ2n) is 6.28. The summed E-state index contributed by atoms with van der Waals surface area (Å²) >= 11 is 0. The molecule has 3 aromatic carbocycles. The molecule has 0 saturated heterocycles. The molecule has 0 saturated carbocycles. The van der Waals surface area contributed by atoms with E-state index in [1.165, 1.54) is 21.9 Å². The molecule has 2 N–H and O–H groups in total. The van der Waals surface area contributed by atoms with E-state index in [1.807, 2.05) is 13.2 Å². The number of imidazole rings is 1. The van der Waals surface area contributed by atoms with Crippen molar-refractivity contribution in [3.05, 3.63) is 85.0 Å². The van der Waals surface area contributed by atoms with E-state index in [0.717, 1.165) is 22.5 Å². The number of aromatic amines is 1. The fraction of sp³-hybridized carbons (Fsp3) is 0.0435. The number of aromatic nitrogens is 2. The van der Waals surface area contributed by atoms with Crippen LogP contribution in [-0.2, 0) is 0 Å². The molecule has 0 bridgehead atoms. The normalized spacial score (nSPS) is 11.5. The molecule has 27 heavy (non-hydrogen) atoms. The van der Waals surface area contributed by atoms with E-state index in [9.17, 15) is 0 Å². The number of hydrogen-bond acceptors (Lipinski definition) is 3. The molecule has 4 nitrogen and oxygen atoms in total. The highest BCUT2D eigenvalue weighted by molar-refractivity contribution is 5.90. The highest BCUT2D eigenvalue weighted by Gasteiger charge is 2.05. The SMILES string of the molecule is C=N/C=C(\NC)c1ccc(-c2ccc3cc(-c4c[nH]cn4)ccc3c2)cc1. The molecule has 1 heterocycles. The number of rotatable bonds is 5. The Hall–Kier alpha value is -3.66. The Morgan fingerprint density at radius 3 is 2.26 bits per heavy atom. The summed E-state index contributed by atoms with van der Waals surface area (Å²) in [4.78, 5) is 11.2. The summed E-state index contributed by atoms with van der Waals surface area (Å²) in [5, 5.41) is 5.55. The van der Waals surface area contributed by atoms with Crippen molar-refractivity contribution in [3.63, 3.8) is 0 Å². The van der Waals surface area contributed by atoms with E-state index in [4.69, 9.17) is 0 Å². The van der Waals surface area contributed by atoms with Crippen molar-refractivity contribution in [1.29, 1.82) is 0 Å². The standard InChI is InChI=1S/C23H20N4/c1-24-13-22(25-2)17-5-3-16(4-6-17)18-7-8-20-12-21(10-9-19(20)11-18)23-14-26-15-27-23/h3-15,25H,1H2,2H3,(H,26,27)/b22-13-. The molecule has 4 aromatic rings. The highest BCUT2D eigenvalue weighted by Crippen LogP contribution is 2.28. The lowest BCUT2D eigenvalue weighted by molar-refractivity contribution is 1.12. The van der Waals surface area contributed by atoms with Crippen molar-refractivity contribution in [2.45, 2.75) is 0 Å². The van der Waals surface area contributed by atoms with E-state index in [-0.39, 0.29) is 0 Å². The zero-order valence-corrected chi connectivity index (χ0v) is 15.1. The molecule has 0 aliphatic heterocycles. The number of nitrogens with one attached hydrogen (secondary N) is 2. The number of H-pyrrole nitrogens is 1. The Morgan fingerprint density at radius 1 is 0.963 bits per heavy atom. The van der Waals surface area contributed by atoms with Crippen LogP contribution in [0.5, 0.6) is 0 Å². The zero-order valence-electron chi connectivity index (χ0n) is 15.1. The van der Waals surface area contributed by atoms with E-state index >= 15 is 0 Å². The monoisotopic (exact) mass is 352 g/mol. The molecule has 0 aliphatic rings. The van der Waals surface area contributed by atoms with Crippen LogP contribution in [0.4, 0.5) is 0 Å². The first-order chi connectivity index (χ1) is 13.3.